The average Bonchev–Trinajstić information content (AvgIpc) is 2.74. The normalized spacial score (nSPS) is 16.3. The highest BCUT2D eigenvalue weighted by atomic mass is 16.3. The van der Waals surface area contributed by atoms with Gasteiger partial charge in [0, 0.05) is 37.0 Å². The summed E-state index contributed by atoms with van der Waals surface area (Å²) in [5.41, 5.74) is 3.67. The van der Waals surface area contributed by atoms with Gasteiger partial charge in [0.15, 0.2) is 0 Å². The van der Waals surface area contributed by atoms with E-state index in [9.17, 15) is 9.90 Å². The van der Waals surface area contributed by atoms with Crippen LogP contribution in [-0.4, -0.2) is 39.6 Å². The van der Waals surface area contributed by atoms with Crippen molar-refractivity contribution in [2.24, 2.45) is 5.92 Å². The van der Waals surface area contributed by atoms with Crippen LogP contribution in [0.4, 0.5) is 0 Å². The lowest BCUT2D eigenvalue weighted by molar-refractivity contribution is -0.138. The van der Waals surface area contributed by atoms with Gasteiger partial charge < -0.3 is 10.0 Å². The number of likely N-dealkylation sites (tertiary alicyclic amines) is 1. The van der Waals surface area contributed by atoms with Crippen molar-refractivity contribution in [2.75, 3.05) is 13.1 Å². The molecule has 150 valence electrons. The van der Waals surface area contributed by atoms with Gasteiger partial charge in [-0.05, 0) is 41.7 Å². The highest BCUT2D eigenvalue weighted by Gasteiger charge is 2.34. The zero-order chi connectivity index (χ0) is 20.4. The van der Waals surface area contributed by atoms with Gasteiger partial charge in [-0.15, -0.1) is 0 Å². The lowest BCUT2D eigenvalue weighted by Gasteiger charge is -2.39. The molecule has 0 bridgehead atoms. The molecule has 1 aliphatic heterocycles. The largest absolute Gasteiger partial charge is 0.389 e. The van der Waals surface area contributed by atoms with Gasteiger partial charge in [-0.2, -0.15) is 0 Å². The Hall–Kier alpha value is -2.72. The van der Waals surface area contributed by atoms with Crippen LogP contribution in [0.15, 0.2) is 60.8 Å². The maximum absolute atomic E-state index is 12.2. The molecule has 3 aromatic rings. The molecule has 0 atom stereocenters. The Morgan fingerprint density at radius 2 is 1.76 bits per heavy atom. The number of rotatable bonds is 4. The summed E-state index contributed by atoms with van der Waals surface area (Å²) in [5, 5.41) is 12.2. The summed E-state index contributed by atoms with van der Waals surface area (Å²) >= 11 is 0. The average molecular weight is 389 g/mol. The van der Waals surface area contributed by atoms with Crippen molar-refractivity contribution in [1.29, 1.82) is 0 Å². The van der Waals surface area contributed by atoms with E-state index in [1.54, 1.807) is 0 Å². The Balaban J connectivity index is 1.43. The van der Waals surface area contributed by atoms with E-state index in [2.05, 4.69) is 53.5 Å². The first-order chi connectivity index (χ1) is 13.9. The molecular weight excluding hydrogens is 360 g/mol. The third-order valence-electron chi connectivity index (χ3n) is 5.93. The predicted molar refractivity (Wildman–Crippen MR) is 116 cm³/mol. The number of aromatic nitrogens is 1. The van der Waals surface area contributed by atoms with Crippen LogP contribution < -0.4 is 0 Å². The Morgan fingerprint density at radius 1 is 1.07 bits per heavy atom. The second-order valence-electron chi connectivity index (χ2n) is 8.49. The van der Waals surface area contributed by atoms with Crippen molar-refractivity contribution in [1.82, 2.24) is 9.88 Å². The van der Waals surface area contributed by atoms with E-state index >= 15 is 0 Å². The topological polar surface area (TPSA) is 53.4 Å². The van der Waals surface area contributed by atoms with E-state index in [-0.39, 0.29) is 11.8 Å². The first kappa shape index (κ1) is 19.6. The Morgan fingerprint density at radius 3 is 2.45 bits per heavy atom. The Labute approximate surface area is 172 Å². The smallest absolute Gasteiger partial charge is 0.225 e. The van der Waals surface area contributed by atoms with E-state index in [0.717, 1.165) is 27.6 Å². The minimum absolute atomic E-state index is 0.0130. The monoisotopic (exact) mass is 388 g/mol. The summed E-state index contributed by atoms with van der Waals surface area (Å²) in [4.78, 5) is 18.5. The molecule has 29 heavy (non-hydrogen) atoms. The number of benzene rings is 2. The summed E-state index contributed by atoms with van der Waals surface area (Å²) in [6, 6.07) is 18.8. The fraction of sp³-hybridized carbons (Fsp3) is 0.360. The molecule has 0 unspecified atom stereocenters. The first-order valence-corrected chi connectivity index (χ1v) is 10.4. The molecule has 0 aliphatic carbocycles. The number of carbonyl (C=O) groups is 1. The summed E-state index contributed by atoms with van der Waals surface area (Å²) in [5.74, 6) is 0.195. The molecule has 4 heteroatoms. The number of nitrogens with zero attached hydrogens (tertiary/aromatic N) is 2. The van der Waals surface area contributed by atoms with E-state index < -0.39 is 5.60 Å². The van der Waals surface area contributed by atoms with E-state index in [1.807, 2.05) is 31.0 Å². The lowest BCUT2D eigenvalue weighted by Crippen LogP contribution is -2.48. The second kappa shape index (κ2) is 7.96. The van der Waals surface area contributed by atoms with Crippen LogP contribution >= 0.6 is 0 Å². The van der Waals surface area contributed by atoms with Crippen molar-refractivity contribution >= 4 is 16.8 Å². The predicted octanol–water partition coefficient (Wildman–Crippen LogP) is 4.45. The van der Waals surface area contributed by atoms with Gasteiger partial charge in [0.25, 0.3) is 0 Å². The van der Waals surface area contributed by atoms with E-state index in [1.165, 1.54) is 0 Å². The molecular formula is C25H28N2O2. The lowest BCUT2D eigenvalue weighted by atomic mass is 9.84. The third-order valence-corrected chi connectivity index (χ3v) is 5.93. The van der Waals surface area contributed by atoms with E-state index in [0.29, 0.717) is 32.4 Å². The minimum Gasteiger partial charge on any atom is -0.389 e. The molecule has 0 spiro atoms. The van der Waals surface area contributed by atoms with Crippen LogP contribution in [-0.2, 0) is 11.2 Å². The molecule has 1 aliphatic rings. The van der Waals surface area contributed by atoms with Crippen molar-refractivity contribution < 1.29 is 9.90 Å². The number of hydrogen-bond donors (Lipinski definition) is 1. The zero-order valence-corrected chi connectivity index (χ0v) is 17.1. The van der Waals surface area contributed by atoms with Crippen molar-refractivity contribution in [3.63, 3.8) is 0 Å². The number of pyridine rings is 1. The van der Waals surface area contributed by atoms with Gasteiger partial charge >= 0.3 is 0 Å². The summed E-state index contributed by atoms with van der Waals surface area (Å²) < 4.78 is 0. The van der Waals surface area contributed by atoms with Crippen LogP contribution in [0.1, 0.15) is 32.3 Å². The Kier molecular flexibility index (Phi) is 5.37. The molecule has 1 aromatic heterocycles. The number of amides is 1. The highest BCUT2D eigenvalue weighted by Crippen LogP contribution is 2.29. The number of carbonyl (C=O) groups excluding carboxylic acids is 1. The van der Waals surface area contributed by atoms with Gasteiger partial charge in [-0.3, -0.25) is 9.78 Å². The minimum atomic E-state index is -0.734. The van der Waals surface area contributed by atoms with Crippen LogP contribution in [0.3, 0.4) is 0 Å². The molecule has 0 saturated carbocycles. The standard InChI is InChI=1S/C25H28N2O2/c1-18(2)24(28)27-14-11-25(29,12-15-27)17-19-5-7-20(8-6-19)22-10-9-21-4-3-13-26-23(21)16-22/h3-10,13,16,18,29H,11-12,14-15,17H2,1-2H3. The number of aliphatic hydroxyl groups is 1. The fourth-order valence-electron chi connectivity index (χ4n) is 4.13. The third kappa shape index (κ3) is 4.33. The zero-order valence-electron chi connectivity index (χ0n) is 17.1. The van der Waals surface area contributed by atoms with Crippen molar-refractivity contribution in [3.8, 4) is 11.1 Å². The summed E-state index contributed by atoms with van der Waals surface area (Å²) in [6.45, 7) is 5.12. The van der Waals surface area contributed by atoms with Crippen LogP contribution in [0, 0.1) is 5.92 Å². The summed E-state index contributed by atoms with van der Waals surface area (Å²) in [6.07, 6.45) is 3.69. The fourth-order valence-corrected chi connectivity index (χ4v) is 4.13. The molecule has 1 amide bonds. The van der Waals surface area contributed by atoms with Gasteiger partial charge in [-0.1, -0.05) is 56.3 Å². The summed E-state index contributed by atoms with van der Waals surface area (Å²) in [7, 11) is 0. The van der Waals surface area contributed by atoms with Gasteiger partial charge in [0.05, 0.1) is 11.1 Å². The van der Waals surface area contributed by atoms with Gasteiger partial charge in [0.1, 0.15) is 0 Å². The van der Waals surface area contributed by atoms with Gasteiger partial charge in [-0.25, -0.2) is 0 Å². The maximum Gasteiger partial charge on any atom is 0.225 e. The van der Waals surface area contributed by atoms with Crippen LogP contribution in [0.25, 0.3) is 22.0 Å². The number of fused-ring (bicyclic) bond motifs is 1. The molecule has 1 N–H and O–H groups in total. The maximum atomic E-state index is 12.2. The first-order valence-electron chi connectivity index (χ1n) is 10.4. The molecule has 1 fully saturated rings. The molecule has 1 saturated heterocycles. The van der Waals surface area contributed by atoms with Gasteiger partial charge in [0.2, 0.25) is 5.91 Å². The quantitative estimate of drug-likeness (QED) is 0.718. The molecule has 4 rings (SSSR count). The van der Waals surface area contributed by atoms with Crippen LogP contribution in [0.5, 0.6) is 0 Å². The molecule has 2 aromatic carbocycles. The molecule has 0 radical (unpaired) electrons. The SMILES string of the molecule is CC(C)C(=O)N1CCC(O)(Cc2ccc(-c3ccc4cccnc4c3)cc2)CC1. The van der Waals surface area contributed by atoms with Crippen molar-refractivity contribution in [2.45, 2.75) is 38.7 Å². The number of hydrogen-bond acceptors (Lipinski definition) is 3. The number of piperidine rings is 1. The Bertz CT molecular complexity index is 1000. The highest BCUT2D eigenvalue weighted by molar-refractivity contribution is 5.84. The van der Waals surface area contributed by atoms with Crippen LogP contribution in [0.2, 0.25) is 0 Å². The second-order valence-corrected chi connectivity index (χ2v) is 8.49. The van der Waals surface area contributed by atoms with Crippen molar-refractivity contribution in [3.05, 3.63) is 66.4 Å². The molecule has 2 heterocycles. The molecule has 4 nitrogen and oxygen atoms in total. The van der Waals surface area contributed by atoms with E-state index in [4.69, 9.17) is 0 Å².